The summed E-state index contributed by atoms with van der Waals surface area (Å²) in [5.41, 5.74) is 2.05. The molecule has 33 heavy (non-hydrogen) atoms. The number of nitrogen functional groups attached to an aromatic ring is 1. The van der Waals surface area contributed by atoms with Crippen LogP contribution in [0.3, 0.4) is 0 Å². The van der Waals surface area contributed by atoms with Gasteiger partial charge in [0.25, 0.3) is 0 Å². The Morgan fingerprint density at radius 2 is 1.67 bits per heavy atom. The highest BCUT2D eigenvalue weighted by atomic mass is 31.3. The second-order valence-electron chi connectivity index (χ2n) is 6.16. The van der Waals surface area contributed by atoms with E-state index < -0.39 is 77.9 Å². The van der Waals surface area contributed by atoms with Crippen LogP contribution < -0.4 is 11.4 Å². The Kier molecular flexibility index (Phi) is 8.00. The summed E-state index contributed by atoms with van der Waals surface area (Å²) in [6.07, 6.45) is -12.9. The zero-order valence-electron chi connectivity index (χ0n) is 15.5. The van der Waals surface area contributed by atoms with Crippen LogP contribution in [-0.2, 0) is 37.8 Å². The van der Waals surface area contributed by atoms with Crippen LogP contribution in [0.25, 0.3) is 0 Å². The first-order valence-electron chi connectivity index (χ1n) is 7.98. The minimum atomic E-state index is -5.84. The first kappa shape index (κ1) is 28.0. The zero-order chi connectivity index (χ0) is 25.6. The topological polar surface area (TPSA) is 270 Å². The van der Waals surface area contributed by atoms with E-state index in [1.54, 1.807) is 0 Å². The maximum Gasteiger partial charge on any atom is 0.490 e. The lowest BCUT2D eigenvalue weighted by Crippen LogP contribution is -2.37. The van der Waals surface area contributed by atoms with Gasteiger partial charge in [-0.2, -0.15) is 26.8 Å². The molecule has 1 aromatic heterocycles. The molecule has 1 aliphatic rings. The fourth-order valence-electron chi connectivity index (χ4n) is 2.45. The summed E-state index contributed by atoms with van der Waals surface area (Å²) in [7, 11) is -17.1. The van der Waals surface area contributed by atoms with Crippen LogP contribution in [0.5, 0.6) is 0 Å². The van der Waals surface area contributed by atoms with Crippen molar-refractivity contribution in [3.63, 3.8) is 0 Å². The molecule has 1 aromatic rings. The van der Waals surface area contributed by atoms with Gasteiger partial charge < -0.3 is 40.3 Å². The fraction of sp³-hybridized carbons (Fsp3) is 0.600. The van der Waals surface area contributed by atoms with Crippen molar-refractivity contribution in [1.29, 1.82) is 0 Å². The molecule has 6 atom stereocenters. The standard InChI is InChI=1S/C10H15F3N3O14P3/c11-10(12,13)3-1-16(9(19)15-7(3)14)8-6(18)5(17)4(28-8)2-27-32(23,24)30-33(25,26)29-31(20,21)22/h1,4-6,8,17-18H,2H2,(H,23,24)(H,25,26)(H2,14,15,19)(H2,20,21,22)/t4-,5?,6+,8-/m1/s1. The average Bonchev–Trinajstić information content (AvgIpc) is 2.84. The smallest absolute Gasteiger partial charge is 0.387 e. The molecule has 23 heteroatoms. The molecule has 190 valence electrons. The number of nitrogens with zero attached hydrogens (tertiary/aromatic N) is 2. The molecule has 17 nitrogen and oxygen atoms in total. The monoisotopic (exact) mass is 551 g/mol. The van der Waals surface area contributed by atoms with Crippen molar-refractivity contribution in [2.24, 2.45) is 0 Å². The molecule has 0 aromatic carbocycles. The summed E-state index contributed by atoms with van der Waals surface area (Å²) < 4.78 is 88.8. The van der Waals surface area contributed by atoms with Gasteiger partial charge in [0, 0.05) is 6.20 Å². The number of halogens is 3. The van der Waals surface area contributed by atoms with Crippen molar-refractivity contribution in [3.8, 4) is 0 Å². The van der Waals surface area contributed by atoms with E-state index >= 15 is 0 Å². The number of aliphatic hydroxyl groups excluding tert-OH is 2. The second kappa shape index (κ2) is 9.43. The number of aromatic nitrogens is 2. The molecule has 2 heterocycles. The highest BCUT2D eigenvalue weighted by molar-refractivity contribution is 7.66. The largest absolute Gasteiger partial charge is 0.490 e. The lowest BCUT2D eigenvalue weighted by atomic mass is 10.1. The number of hydrogen-bond donors (Lipinski definition) is 7. The maximum absolute atomic E-state index is 13.0. The molecule has 3 unspecified atom stereocenters. The van der Waals surface area contributed by atoms with E-state index in [1.807, 2.05) is 0 Å². The summed E-state index contributed by atoms with van der Waals surface area (Å²) in [5.74, 6) is -1.18. The normalized spacial score (nSPS) is 27.8. The van der Waals surface area contributed by atoms with E-state index in [4.69, 9.17) is 25.2 Å². The van der Waals surface area contributed by atoms with Crippen molar-refractivity contribution >= 4 is 29.3 Å². The van der Waals surface area contributed by atoms with Gasteiger partial charge in [0.15, 0.2) is 6.23 Å². The van der Waals surface area contributed by atoms with Crippen LogP contribution >= 0.6 is 23.5 Å². The second-order valence-corrected chi connectivity index (χ2v) is 10.6. The summed E-state index contributed by atoms with van der Waals surface area (Å²) >= 11 is 0. The predicted octanol–water partition coefficient (Wildman–Crippen LogP) is -1.19. The summed E-state index contributed by atoms with van der Waals surface area (Å²) in [6, 6.07) is 0. The number of phosphoric ester groups is 1. The summed E-state index contributed by atoms with van der Waals surface area (Å²) in [5, 5.41) is 20.0. The minimum Gasteiger partial charge on any atom is -0.387 e. The third kappa shape index (κ3) is 7.37. The molecular weight excluding hydrogens is 536 g/mol. The Hall–Kier alpha value is -1.24. The van der Waals surface area contributed by atoms with Crippen molar-refractivity contribution < 1.29 is 74.5 Å². The third-order valence-electron chi connectivity index (χ3n) is 3.72. The van der Waals surface area contributed by atoms with Gasteiger partial charge in [-0.15, -0.1) is 0 Å². The van der Waals surface area contributed by atoms with Gasteiger partial charge in [-0.05, 0) is 0 Å². The van der Waals surface area contributed by atoms with E-state index in [0.29, 0.717) is 0 Å². The molecule has 0 spiro atoms. The summed E-state index contributed by atoms with van der Waals surface area (Å²) in [6.45, 7) is -1.25. The molecule has 2 rings (SSSR count). The van der Waals surface area contributed by atoms with Crippen LogP contribution in [0.4, 0.5) is 19.0 Å². The van der Waals surface area contributed by atoms with E-state index in [9.17, 15) is 46.8 Å². The predicted molar refractivity (Wildman–Crippen MR) is 93.7 cm³/mol. The van der Waals surface area contributed by atoms with E-state index in [0.717, 1.165) is 0 Å². The first-order chi connectivity index (χ1) is 14.7. The van der Waals surface area contributed by atoms with Crippen molar-refractivity contribution in [2.75, 3.05) is 12.3 Å². The fourth-order valence-corrected chi connectivity index (χ4v) is 5.48. The number of alkyl halides is 3. The first-order valence-corrected chi connectivity index (χ1v) is 12.5. The lowest BCUT2D eigenvalue weighted by Gasteiger charge is -2.20. The highest BCUT2D eigenvalue weighted by Crippen LogP contribution is 2.66. The molecule has 1 fully saturated rings. The summed E-state index contributed by atoms with van der Waals surface area (Å²) in [4.78, 5) is 50.2. The van der Waals surface area contributed by atoms with Gasteiger partial charge in [0.1, 0.15) is 29.7 Å². The van der Waals surface area contributed by atoms with Crippen molar-refractivity contribution in [3.05, 3.63) is 22.2 Å². The molecule has 1 saturated heterocycles. The van der Waals surface area contributed by atoms with Crippen molar-refractivity contribution in [1.82, 2.24) is 9.55 Å². The van der Waals surface area contributed by atoms with Gasteiger partial charge in [-0.3, -0.25) is 9.09 Å². The van der Waals surface area contributed by atoms with Crippen LogP contribution in [0.1, 0.15) is 11.8 Å². The number of rotatable bonds is 8. The SMILES string of the molecule is Nc1nc(=O)n([C@@H]2O[C@H](COP(=O)(O)OP(=O)(O)OP(=O)(O)O)C(O)[C@@H]2O)cc1C(F)(F)F. The van der Waals surface area contributed by atoms with Gasteiger partial charge in [-0.1, -0.05) is 0 Å². The number of hydrogen-bond acceptors (Lipinski definition) is 12. The van der Waals surface area contributed by atoms with Gasteiger partial charge in [0.05, 0.1) is 6.61 Å². The number of aliphatic hydroxyl groups is 2. The van der Waals surface area contributed by atoms with Crippen LogP contribution in [0, 0.1) is 0 Å². The third-order valence-corrected chi connectivity index (χ3v) is 7.52. The van der Waals surface area contributed by atoms with E-state index in [1.165, 1.54) is 0 Å². The van der Waals surface area contributed by atoms with Crippen LogP contribution in [-0.4, -0.2) is 64.3 Å². The van der Waals surface area contributed by atoms with E-state index in [2.05, 4.69) is 18.1 Å². The Morgan fingerprint density at radius 3 is 2.18 bits per heavy atom. The Labute approximate surface area is 179 Å². The maximum atomic E-state index is 13.0. The molecule has 0 saturated carbocycles. The Bertz CT molecular complexity index is 1090. The van der Waals surface area contributed by atoms with Gasteiger partial charge >= 0.3 is 35.3 Å². The van der Waals surface area contributed by atoms with Crippen molar-refractivity contribution in [2.45, 2.75) is 30.7 Å². The van der Waals surface area contributed by atoms with Crippen LogP contribution in [0.2, 0.25) is 0 Å². The molecule has 0 amide bonds. The number of anilines is 1. The molecule has 1 aliphatic heterocycles. The Balaban J connectivity index is 2.17. The highest BCUT2D eigenvalue weighted by Gasteiger charge is 2.47. The molecule has 0 aliphatic carbocycles. The number of phosphoric acid groups is 3. The molecular formula is C10H15F3N3O14P3. The lowest BCUT2D eigenvalue weighted by molar-refractivity contribution is -0.138. The van der Waals surface area contributed by atoms with E-state index in [-0.39, 0.29) is 10.8 Å². The molecule has 0 bridgehead atoms. The Morgan fingerprint density at radius 1 is 1.09 bits per heavy atom. The minimum absolute atomic E-state index is 0.137. The zero-order valence-corrected chi connectivity index (χ0v) is 18.2. The molecule has 8 N–H and O–H groups in total. The number of nitrogens with two attached hydrogens (primary N) is 1. The number of ether oxygens (including phenoxy) is 1. The average molecular weight is 551 g/mol. The molecule has 0 radical (unpaired) electrons. The van der Waals surface area contributed by atoms with Gasteiger partial charge in [0.2, 0.25) is 0 Å². The van der Waals surface area contributed by atoms with Crippen LogP contribution in [0.15, 0.2) is 11.0 Å². The van der Waals surface area contributed by atoms with Gasteiger partial charge in [-0.25, -0.2) is 18.5 Å². The quantitative estimate of drug-likeness (QED) is 0.187.